The van der Waals surface area contributed by atoms with E-state index in [4.69, 9.17) is 4.52 Å². The van der Waals surface area contributed by atoms with E-state index in [-0.39, 0.29) is 11.3 Å². The third-order valence-corrected chi connectivity index (χ3v) is 2.41. The average molecular weight is 245 g/mol. The largest absolute Gasteiger partial charge is 0.338 e. The fourth-order valence-electron chi connectivity index (χ4n) is 1.36. The minimum Gasteiger partial charge on any atom is -0.338 e. The molecule has 0 aliphatic rings. The molecule has 1 amide bonds. The number of carbonyl (C=O) groups excluding carboxylic acids is 1. The molecule has 18 heavy (non-hydrogen) atoms. The van der Waals surface area contributed by atoms with Gasteiger partial charge in [-0.1, -0.05) is 32.0 Å². The van der Waals surface area contributed by atoms with Crippen LogP contribution in [0.15, 0.2) is 35.0 Å². The van der Waals surface area contributed by atoms with Crippen LogP contribution in [0, 0.1) is 0 Å². The van der Waals surface area contributed by atoms with Gasteiger partial charge >= 0.3 is 0 Å². The van der Waals surface area contributed by atoms with Crippen molar-refractivity contribution in [3.05, 3.63) is 41.9 Å². The summed E-state index contributed by atoms with van der Waals surface area (Å²) in [5.41, 5.74) is 1.02. The summed E-state index contributed by atoms with van der Waals surface area (Å²) in [6.07, 6.45) is 1.57. The Morgan fingerprint density at radius 2 is 2.11 bits per heavy atom. The highest BCUT2D eigenvalue weighted by molar-refractivity contribution is 6.01. The van der Waals surface area contributed by atoms with Gasteiger partial charge in [-0.3, -0.25) is 15.1 Å². The van der Waals surface area contributed by atoms with Crippen LogP contribution in [-0.2, 0) is 5.41 Å². The standard InChI is InChI=1S/C13H15N3O2/c1-13(2,3)10-8-11(18-16-10)15-12(17)9-6-4-5-7-14-9/h4-8H,1-3H3,(H,15,17). The summed E-state index contributed by atoms with van der Waals surface area (Å²) in [5, 5.41) is 6.54. The second kappa shape index (κ2) is 4.60. The molecule has 5 heteroatoms. The Hall–Kier alpha value is -2.17. The number of carbonyl (C=O) groups is 1. The molecule has 0 unspecified atom stereocenters. The van der Waals surface area contributed by atoms with Crippen LogP contribution in [0.1, 0.15) is 37.0 Å². The number of pyridine rings is 1. The van der Waals surface area contributed by atoms with Crippen LogP contribution in [0.25, 0.3) is 0 Å². The van der Waals surface area contributed by atoms with Crippen molar-refractivity contribution in [3.63, 3.8) is 0 Å². The first-order valence-corrected chi connectivity index (χ1v) is 5.66. The van der Waals surface area contributed by atoms with Gasteiger partial charge < -0.3 is 4.52 Å². The van der Waals surface area contributed by atoms with Gasteiger partial charge in [0.05, 0.1) is 5.69 Å². The van der Waals surface area contributed by atoms with E-state index in [9.17, 15) is 4.79 Å². The molecule has 0 aliphatic heterocycles. The predicted octanol–water partition coefficient (Wildman–Crippen LogP) is 2.62. The maximum absolute atomic E-state index is 11.8. The van der Waals surface area contributed by atoms with E-state index in [0.717, 1.165) is 5.69 Å². The zero-order valence-corrected chi connectivity index (χ0v) is 10.6. The molecule has 2 aromatic rings. The van der Waals surface area contributed by atoms with Crippen LogP contribution in [0.3, 0.4) is 0 Å². The van der Waals surface area contributed by atoms with Crippen LogP contribution < -0.4 is 5.32 Å². The molecule has 0 bridgehead atoms. The summed E-state index contributed by atoms with van der Waals surface area (Å²) < 4.78 is 5.07. The number of rotatable bonds is 2. The highest BCUT2D eigenvalue weighted by Gasteiger charge is 2.20. The van der Waals surface area contributed by atoms with E-state index >= 15 is 0 Å². The average Bonchev–Trinajstić information content (AvgIpc) is 2.78. The van der Waals surface area contributed by atoms with E-state index < -0.39 is 0 Å². The van der Waals surface area contributed by atoms with Gasteiger partial charge in [0.2, 0.25) is 5.88 Å². The fourth-order valence-corrected chi connectivity index (χ4v) is 1.36. The zero-order chi connectivity index (χ0) is 13.2. The summed E-state index contributed by atoms with van der Waals surface area (Å²) >= 11 is 0. The molecule has 0 radical (unpaired) electrons. The third-order valence-electron chi connectivity index (χ3n) is 2.41. The second-order valence-electron chi connectivity index (χ2n) is 5.00. The molecule has 0 aromatic carbocycles. The van der Waals surface area contributed by atoms with Crippen LogP contribution in [-0.4, -0.2) is 16.0 Å². The van der Waals surface area contributed by atoms with Gasteiger partial charge in [0.25, 0.3) is 5.91 Å². The highest BCUT2D eigenvalue weighted by atomic mass is 16.5. The molecule has 2 heterocycles. The Balaban J connectivity index is 2.11. The summed E-state index contributed by atoms with van der Waals surface area (Å²) in [4.78, 5) is 15.8. The normalized spacial score (nSPS) is 11.3. The van der Waals surface area contributed by atoms with Crippen molar-refractivity contribution in [2.75, 3.05) is 5.32 Å². The summed E-state index contributed by atoms with van der Waals surface area (Å²) in [6.45, 7) is 6.07. The third kappa shape index (κ3) is 2.74. The molecule has 0 saturated heterocycles. The van der Waals surface area contributed by atoms with Crippen molar-refractivity contribution in [1.29, 1.82) is 0 Å². The van der Waals surface area contributed by atoms with Crippen molar-refractivity contribution in [1.82, 2.24) is 10.1 Å². The number of nitrogens with zero attached hydrogens (tertiary/aromatic N) is 2. The predicted molar refractivity (Wildman–Crippen MR) is 67.4 cm³/mol. The molecule has 0 spiro atoms. The maximum Gasteiger partial charge on any atom is 0.276 e. The van der Waals surface area contributed by atoms with Crippen LogP contribution >= 0.6 is 0 Å². The number of anilines is 1. The molecule has 0 aliphatic carbocycles. The highest BCUT2D eigenvalue weighted by Crippen LogP contribution is 2.23. The van der Waals surface area contributed by atoms with E-state index in [1.165, 1.54) is 0 Å². The van der Waals surface area contributed by atoms with E-state index in [1.807, 2.05) is 20.8 Å². The maximum atomic E-state index is 11.8. The Labute approximate surface area is 105 Å². The first-order chi connectivity index (χ1) is 8.47. The van der Waals surface area contributed by atoms with E-state index in [2.05, 4.69) is 15.5 Å². The van der Waals surface area contributed by atoms with Gasteiger partial charge in [0, 0.05) is 17.7 Å². The number of amides is 1. The van der Waals surface area contributed by atoms with Crippen LogP contribution in [0.4, 0.5) is 5.88 Å². The molecule has 0 atom stereocenters. The van der Waals surface area contributed by atoms with Gasteiger partial charge in [0.15, 0.2) is 0 Å². The van der Waals surface area contributed by atoms with Gasteiger partial charge in [-0.25, -0.2) is 0 Å². The number of hydrogen-bond donors (Lipinski definition) is 1. The topological polar surface area (TPSA) is 68.0 Å². The smallest absolute Gasteiger partial charge is 0.276 e. The van der Waals surface area contributed by atoms with Crippen molar-refractivity contribution >= 4 is 11.8 Å². The van der Waals surface area contributed by atoms with Crippen molar-refractivity contribution in [2.24, 2.45) is 0 Å². The van der Waals surface area contributed by atoms with Crippen LogP contribution in [0.5, 0.6) is 0 Å². The molecular formula is C13H15N3O2. The molecular weight excluding hydrogens is 230 g/mol. The second-order valence-corrected chi connectivity index (χ2v) is 5.00. The Morgan fingerprint density at radius 1 is 1.33 bits per heavy atom. The van der Waals surface area contributed by atoms with Gasteiger partial charge in [0.1, 0.15) is 5.69 Å². The molecule has 0 fully saturated rings. The molecule has 94 valence electrons. The number of hydrogen-bond acceptors (Lipinski definition) is 4. The monoisotopic (exact) mass is 245 g/mol. The summed E-state index contributed by atoms with van der Waals surface area (Å²) in [7, 11) is 0. The summed E-state index contributed by atoms with van der Waals surface area (Å²) in [5.74, 6) is 0.0165. The van der Waals surface area contributed by atoms with Crippen molar-refractivity contribution in [2.45, 2.75) is 26.2 Å². The zero-order valence-electron chi connectivity index (χ0n) is 10.6. The fraction of sp³-hybridized carbons (Fsp3) is 0.308. The molecule has 0 saturated carbocycles. The Morgan fingerprint density at radius 3 is 2.67 bits per heavy atom. The Bertz CT molecular complexity index is 541. The number of nitrogens with one attached hydrogen (secondary N) is 1. The molecule has 5 nitrogen and oxygen atoms in total. The van der Waals surface area contributed by atoms with Gasteiger partial charge in [-0.05, 0) is 12.1 Å². The minimum absolute atomic E-state index is 0.114. The number of aromatic nitrogens is 2. The molecule has 2 rings (SSSR count). The quantitative estimate of drug-likeness (QED) is 0.883. The summed E-state index contributed by atoms with van der Waals surface area (Å²) in [6, 6.07) is 6.86. The Kier molecular flexibility index (Phi) is 3.14. The first kappa shape index (κ1) is 12.3. The lowest BCUT2D eigenvalue weighted by Gasteiger charge is -2.12. The molecule has 2 aromatic heterocycles. The van der Waals surface area contributed by atoms with Gasteiger partial charge in [-0.15, -0.1) is 0 Å². The van der Waals surface area contributed by atoms with Crippen LogP contribution in [0.2, 0.25) is 0 Å². The van der Waals surface area contributed by atoms with E-state index in [0.29, 0.717) is 11.6 Å². The van der Waals surface area contributed by atoms with Gasteiger partial charge in [-0.2, -0.15) is 0 Å². The lowest BCUT2D eigenvalue weighted by Crippen LogP contribution is -2.13. The van der Waals surface area contributed by atoms with Crippen molar-refractivity contribution < 1.29 is 9.32 Å². The lowest BCUT2D eigenvalue weighted by atomic mass is 9.92. The van der Waals surface area contributed by atoms with E-state index in [1.54, 1.807) is 30.5 Å². The lowest BCUT2D eigenvalue weighted by molar-refractivity contribution is 0.101. The first-order valence-electron chi connectivity index (χ1n) is 5.66. The minimum atomic E-state index is -0.313. The SMILES string of the molecule is CC(C)(C)c1cc(NC(=O)c2ccccn2)on1. The van der Waals surface area contributed by atoms with Crippen molar-refractivity contribution in [3.8, 4) is 0 Å². The molecule has 1 N–H and O–H groups in total.